The van der Waals surface area contributed by atoms with Gasteiger partial charge in [-0.3, -0.25) is 4.90 Å². The van der Waals surface area contributed by atoms with Crippen LogP contribution in [0, 0.1) is 5.92 Å². The summed E-state index contributed by atoms with van der Waals surface area (Å²) >= 11 is 0. The largest absolute Gasteiger partial charge is 0.319 e. The number of nitrogens with zero attached hydrogens (tertiary/aromatic N) is 3. The fraction of sp³-hybridized carbons (Fsp3) is 0.636. The molecule has 1 aliphatic rings. The van der Waals surface area contributed by atoms with Crippen LogP contribution < -0.4 is 5.32 Å². The summed E-state index contributed by atoms with van der Waals surface area (Å²) < 4.78 is 0. The first kappa shape index (κ1) is 10.5. The summed E-state index contributed by atoms with van der Waals surface area (Å²) in [6.07, 6.45) is 4.90. The topological polar surface area (TPSA) is 41.0 Å². The number of hydrogen-bond donors (Lipinski definition) is 1. The molecule has 0 aromatic carbocycles. The fourth-order valence-corrected chi connectivity index (χ4v) is 2.12. The fourth-order valence-electron chi connectivity index (χ4n) is 2.12. The van der Waals surface area contributed by atoms with E-state index in [0.29, 0.717) is 0 Å². The summed E-state index contributed by atoms with van der Waals surface area (Å²) in [7, 11) is 2.02. The summed E-state index contributed by atoms with van der Waals surface area (Å²) in [4.78, 5) is 10.9. The van der Waals surface area contributed by atoms with Crippen LogP contribution in [0.4, 0.5) is 0 Å². The van der Waals surface area contributed by atoms with Crippen molar-refractivity contribution < 1.29 is 0 Å². The van der Waals surface area contributed by atoms with E-state index >= 15 is 0 Å². The maximum Gasteiger partial charge on any atom is 0.142 e. The number of rotatable bonds is 4. The van der Waals surface area contributed by atoms with Crippen molar-refractivity contribution in [1.82, 2.24) is 20.2 Å². The molecular weight excluding hydrogens is 188 g/mol. The normalized spacial score (nSPS) is 22.1. The molecule has 1 saturated heterocycles. The molecule has 1 atom stereocenters. The van der Waals surface area contributed by atoms with Crippen molar-refractivity contribution >= 4 is 0 Å². The maximum absolute atomic E-state index is 4.24. The van der Waals surface area contributed by atoms with Gasteiger partial charge in [-0.2, -0.15) is 0 Å². The Morgan fingerprint density at radius 2 is 2.27 bits per heavy atom. The Bertz CT molecular complexity index is 288. The van der Waals surface area contributed by atoms with Gasteiger partial charge >= 0.3 is 0 Å². The first-order valence-electron chi connectivity index (χ1n) is 5.51. The molecule has 1 aromatic rings. The van der Waals surface area contributed by atoms with E-state index in [1.54, 1.807) is 0 Å². The Labute approximate surface area is 90.7 Å². The van der Waals surface area contributed by atoms with Crippen LogP contribution in [0.15, 0.2) is 18.5 Å². The lowest BCUT2D eigenvalue weighted by Gasteiger charge is -2.14. The van der Waals surface area contributed by atoms with E-state index in [9.17, 15) is 0 Å². The minimum absolute atomic E-state index is 0.790. The Balaban J connectivity index is 1.82. The summed E-state index contributed by atoms with van der Waals surface area (Å²) in [5, 5.41) is 3.24. The molecule has 4 nitrogen and oxygen atoms in total. The second-order valence-electron chi connectivity index (χ2n) is 4.11. The molecule has 0 aliphatic carbocycles. The molecule has 1 fully saturated rings. The van der Waals surface area contributed by atoms with Crippen molar-refractivity contribution in [2.45, 2.75) is 13.0 Å². The van der Waals surface area contributed by atoms with Gasteiger partial charge in [0.15, 0.2) is 0 Å². The standard InChI is InChI=1S/C11H18N4/c1-12-7-10-3-6-15(8-10)9-11-13-4-2-5-14-11/h2,4-5,10,12H,3,6-9H2,1H3. The van der Waals surface area contributed by atoms with E-state index in [2.05, 4.69) is 20.2 Å². The van der Waals surface area contributed by atoms with E-state index < -0.39 is 0 Å². The van der Waals surface area contributed by atoms with Crippen molar-refractivity contribution in [2.24, 2.45) is 5.92 Å². The van der Waals surface area contributed by atoms with Gasteiger partial charge in [-0.25, -0.2) is 9.97 Å². The first-order chi connectivity index (χ1) is 7.38. The molecule has 1 unspecified atom stereocenters. The lowest BCUT2D eigenvalue weighted by atomic mass is 10.1. The molecule has 2 rings (SSSR count). The Morgan fingerprint density at radius 1 is 1.47 bits per heavy atom. The highest BCUT2D eigenvalue weighted by Crippen LogP contribution is 2.16. The Kier molecular flexibility index (Phi) is 3.64. The van der Waals surface area contributed by atoms with Crippen molar-refractivity contribution in [1.29, 1.82) is 0 Å². The van der Waals surface area contributed by atoms with Gasteiger partial charge in [0.05, 0.1) is 6.54 Å². The van der Waals surface area contributed by atoms with E-state index in [1.807, 2.05) is 25.5 Å². The second-order valence-corrected chi connectivity index (χ2v) is 4.11. The summed E-state index contributed by atoms with van der Waals surface area (Å²) in [5.74, 6) is 1.72. The van der Waals surface area contributed by atoms with Gasteiger partial charge in [0, 0.05) is 18.9 Å². The molecular formula is C11H18N4. The smallest absolute Gasteiger partial charge is 0.142 e. The van der Waals surface area contributed by atoms with Crippen molar-refractivity contribution in [2.75, 3.05) is 26.7 Å². The van der Waals surface area contributed by atoms with Gasteiger partial charge in [0.25, 0.3) is 0 Å². The van der Waals surface area contributed by atoms with Crippen molar-refractivity contribution in [3.63, 3.8) is 0 Å². The van der Waals surface area contributed by atoms with Crippen LogP contribution in [0.5, 0.6) is 0 Å². The van der Waals surface area contributed by atoms with Gasteiger partial charge in [-0.05, 0) is 38.5 Å². The third kappa shape index (κ3) is 2.97. The lowest BCUT2D eigenvalue weighted by molar-refractivity contribution is 0.307. The minimum atomic E-state index is 0.790. The van der Waals surface area contributed by atoms with Gasteiger partial charge < -0.3 is 5.32 Å². The highest BCUT2D eigenvalue weighted by atomic mass is 15.2. The molecule has 2 heterocycles. The van der Waals surface area contributed by atoms with E-state index in [4.69, 9.17) is 0 Å². The Hall–Kier alpha value is -1.00. The molecule has 0 bridgehead atoms. The monoisotopic (exact) mass is 206 g/mol. The zero-order valence-corrected chi connectivity index (χ0v) is 9.19. The number of aromatic nitrogens is 2. The zero-order valence-electron chi connectivity index (χ0n) is 9.19. The zero-order chi connectivity index (χ0) is 10.5. The average molecular weight is 206 g/mol. The second kappa shape index (κ2) is 5.19. The number of hydrogen-bond acceptors (Lipinski definition) is 4. The van der Waals surface area contributed by atoms with E-state index in [1.165, 1.54) is 19.5 Å². The molecule has 0 radical (unpaired) electrons. The molecule has 0 spiro atoms. The first-order valence-corrected chi connectivity index (χ1v) is 5.51. The molecule has 15 heavy (non-hydrogen) atoms. The number of likely N-dealkylation sites (tertiary alicyclic amines) is 1. The summed E-state index contributed by atoms with van der Waals surface area (Å²) in [6.45, 7) is 4.34. The SMILES string of the molecule is CNCC1CCN(Cc2ncccn2)C1. The van der Waals surface area contributed by atoms with Gasteiger partial charge in [-0.15, -0.1) is 0 Å². The summed E-state index contributed by atoms with van der Waals surface area (Å²) in [6, 6.07) is 1.86. The van der Waals surface area contributed by atoms with Crippen LogP contribution in [0.2, 0.25) is 0 Å². The highest BCUT2D eigenvalue weighted by molar-refractivity contribution is 4.90. The maximum atomic E-state index is 4.24. The van der Waals surface area contributed by atoms with Crippen LogP contribution in [0.3, 0.4) is 0 Å². The number of nitrogens with one attached hydrogen (secondary N) is 1. The third-order valence-electron chi connectivity index (χ3n) is 2.85. The minimum Gasteiger partial charge on any atom is -0.319 e. The van der Waals surface area contributed by atoms with Crippen LogP contribution in [0.1, 0.15) is 12.2 Å². The molecule has 4 heteroatoms. The predicted molar refractivity (Wildman–Crippen MR) is 59.3 cm³/mol. The predicted octanol–water partition coefficient (Wildman–Crippen LogP) is 0.518. The van der Waals surface area contributed by atoms with Crippen molar-refractivity contribution in [3.05, 3.63) is 24.3 Å². The molecule has 0 amide bonds. The van der Waals surface area contributed by atoms with Crippen LogP contribution >= 0.6 is 0 Å². The van der Waals surface area contributed by atoms with Crippen molar-refractivity contribution in [3.8, 4) is 0 Å². The quantitative estimate of drug-likeness (QED) is 0.779. The molecule has 1 N–H and O–H groups in total. The van der Waals surface area contributed by atoms with Crippen LogP contribution in [0.25, 0.3) is 0 Å². The summed E-state index contributed by atoms with van der Waals surface area (Å²) in [5.41, 5.74) is 0. The van der Waals surface area contributed by atoms with Gasteiger partial charge in [-0.1, -0.05) is 0 Å². The molecule has 0 saturated carbocycles. The van der Waals surface area contributed by atoms with E-state index in [-0.39, 0.29) is 0 Å². The van der Waals surface area contributed by atoms with Crippen LogP contribution in [-0.2, 0) is 6.54 Å². The van der Waals surface area contributed by atoms with Gasteiger partial charge in [0.2, 0.25) is 0 Å². The highest BCUT2D eigenvalue weighted by Gasteiger charge is 2.21. The lowest BCUT2D eigenvalue weighted by Crippen LogP contribution is -2.25. The molecule has 1 aliphatic heterocycles. The molecule has 1 aromatic heterocycles. The van der Waals surface area contributed by atoms with Gasteiger partial charge in [0.1, 0.15) is 5.82 Å². The average Bonchev–Trinajstić information content (AvgIpc) is 2.68. The van der Waals surface area contributed by atoms with E-state index in [0.717, 1.165) is 24.8 Å². The van der Waals surface area contributed by atoms with Crippen LogP contribution in [-0.4, -0.2) is 41.5 Å². The molecule has 82 valence electrons. The third-order valence-corrected chi connectivity index (χ3v) is 2.85. The Morgan fingerprint density at radius 3 is 3.00 bits per heavy atom.